The van der Waals surface area contributed by atoms with Crippen LogP contribution in [0.3, 0.4) is 0 Å². The minimum absolute atomic E-state index is 0.0149. The average molecular weight is 421 g/mol. The number of halogens is 3. The molecule has 7 nitrogen and oxygen atoms in total. The second-order valence-electron chi connectivity index (χ2n) is 7.77. The van der Waals surface area contributed by atoms with Crippen molar-refractivity contribution < 1.29 is 22.8 Å². The minimum Gasteiger partial charge on any atom is -0.332 e. The Morgan fingerprint density at radius 3 is 2.57 bits per heavy atom. The maximum Gasteiger partial charge on any atom is 0.228 e. The molecule has 1 aromatic heterocycles. The molecule has 0 bridgehead atoms. The lowest BCUT2D eigenvalue weighted by atomic mass is 10.1. The Labute approximate surface area is 171 Å². The van der Waals surface area contributed by atoms with Gasteiger partial charge in [-0.15, -0.1) is 0 Å². The van der Waals surface area contributed by atoms with E-state index in [4.69, 9.17) is 0 Å². The highest BCUT2D eigenvalue weighted by atomic mass is 19.2. The van der Waals surface area contributed by atoms with Gasteiger partial charge in [-0.2, -0.15) is 5.10 Å². The minimum atomic E-state index is -1.55. The molecule has 1 aromatic carbocycles. The van der Waals surface area contributed by atoms with Crippen molar-refractivity contribution >= 4 is 17.5 Å². The lowest BCUT2D eigenvalue weighted by Gasteiger charge is -2.35. The zero-order chi connectivity index (χ0) is 21.6. The van der Waals surface area contributed by atoms with Gasteiger partial charge in [0.1, 0.15) is 0 Å². The van der Waals surface area contributed by atoms with Gasteiger partial charge in [0.2, 0.25) is 11.8 Å². The fraction of sp³-hybridized carbons (Fsp3) is 0.450. The first-order chi connectivity index (χ1) is 14.3. The van der Waals surface area contributed by atoms with Gasteiger partial charge in [-0.1, -0.05) is 0 Å². The van der Waals surface area contributed by atoms with E-state index < -0.39 is 17.5 Å². The number of rotatable bonds is 4. The van der Waals surface area contributed by atoms with Gasteiger partial charge in [-0.3, -0.25) is 14.3 Å². The number of nitrogens with one attached hydrogen (secondary N) is 1. The zero-order valence-electron chi connectivity index (χ0n) is 16.7. The first-order valence-corrected chi connectivity index (χ1v) is 9.73. The first kappa shape index (κ1) is 20.4. The summed E-state index contributed by atoms with van der Waals surface area (Å²) in [6.45, 7) is 3.03. The third-order valence-electron chi connectivity index (χ3n) is 5.76. The van der Waals surface area contributed by atoms with E-state index >= 15 is 0 Å². The summed E-state index contributed by atoms with van der Waals surface area (Å²) in [5.74, 6) is -4.56. The molecule has 0 saturated carbocycles. The topological polar surface area (TPSA) is 70.5 Å². The van der Waals surface area contributed by atoms with Crippen molar-refractivity contribution in [1.29, 1.82) is 0 Å². The van der Waals surface area contributed by atoms with Gasteiger partial charge in [0.15, 0.2) is 17.5 Å². The Morgan fingerprint density at radius 1 is 1.23 bits per heavy atom. The van der Waals surface area contributed by atoms with E-state index in [2.05, 4.69) is 10.4 Å². The molecular weight excluding hydrogens is 399 g/mol. The summed E-state index contributed by atoms with van der Waals surface area (Å²) in [7, 11) is 1.80. The second kappa shape index (κ2) is 7.75. The Balaban J connectivity index is 1.55. The quantitative estimate of drug-likeness (QED) is 0.762. The molecule has 2 aliphatic rings. The smallest absolute Gasteiger partial charge is 0.228 e. The van der Waals surface area contributed by atoms with Crippen LogP contribution in [0.1, 0.15) is 24.6 Å². The molecule has 1 saturated heterocycles. The number of nitrogens with zero attached hydrogens (tertiary/aromatic N) is 4. The third-order valence-corrected chi connectivity index (χ3v) is 5.76. The molecule has 1 fully saturated rings. The van der Waals surface area contributed by atoms with E-state index in [9.17, 15) is 22.8 Å². The molecule has 0 aliphatic carbocycles. The van der Waals surface area contributed by atoms with Crippen LogP contribution in [0.2, 0.25) is 0 Å². The summed E-state index contributed by atoms with van der Waals surface area (Å²) >= 11 is 0. The largest absolute Gasteiger partial charge is 0.332 e. The lowest BCUT2D eigenvalue weighted by molar-refractivity contribution is -0.134. The van der Waals surface area contributed by atoms with Crippen LogP contribution in [-0.4, -0.2) is 52.2 Å². The van der Waals surface area contributed by atoms with Crippen molar-refractivity contribution in [3.8, 4) is 0 Å². The standard InChI is InChI=1S/C20H22F3N5O2/c1-11-8-28-17(16(7-25-28)27-9-13(24-2)6-19(27)30)10-26(11)18(29)5-12-3-14(21)20(23)15(22)4-12/h3-4,7,11,13,24H,5-6,8-10H2,1-2H3/t11-,13?/m0/s1. The van der Waals surface area contributed by atoms with Gasteiger partial charge < -0.3 is 15.1 Å². The van der Waals surface area contributed by atoms with Gasteiger partial charge in [-0.25, -0.2) is 13.2 Å². The molecule has 2 aromatic rings. The molecular formula is C20H22F3N5O2. The predicted molar refractivity (Wildman–Crippen MR) is 102 cm³/mol. The SMILES string of the molecule is CNC1CC(=O)N(c2cnn3c2CN(C(=O)Cc2cc(F)c(F)c(F)c2)[C@@H](C)C3)C1. The van der Waals surface area contributed by atoms with Crippen LogP contribution < -0.4 is 10.2 Å². The Bertz CT molecular complexity index is 985. The van der Waals surface area contributed by atoms with Gasteiger partial charge in [0, 0.05) is 25.0 Å². The van der Waals surface area contributed by atoms with Gasteiger partial charge in [0.25, 0.3) is 0 Å². The van der Waals surface area contributed by atoms with Crippen LogP contribution in [0.25, 0.3) is 0 Å². The Hall–Kier alpha value is -2.88. The Morgan fingerprint density at radius 2 is 1.93 bits per heavy atom. The summed E-state index contributed by atoms with van der Waals surface area (Å²) < 4.78 is 41.9. The van der Waals surface area contributed by atoms with Crippen molar-refractivity contribution in [3.05, 3.63) is 47.0 Å². The molecule has 160 valence electrons. The average Bonchev–Trinajstić information content (AvgIpc) is 3.27. The van der Waals surface area contributed by atoms with Crippen molar-refractivity contribution in [2.24, 2.45) is 0 Å². The van der Waals surface area contributed by atoms with Gasteiger partial charge in [0.05, 0.1) is 37.1 Å². The van der Waals surface area contributed by atoms with Crippen LogP contribution in [0.15, 0.2) is 18.3 Å². The molecule has 1 unspecified atom stereocenters. The van der Waals surface area contributed by atoms with E-state index in [1.165, 1.54) is 0 Å². The fourth-order valence-electron chi connectivity index (χ4n) is 4.07. The normalized spacial score (nSPS) is 21.3. The number of hydrogen-bond donors (Lipinski definition) is 1. The highest BCUT2D eigenvalue weighted by Gasteiger charge is 2.35. The summed E-state index contributed by atoms with van der Waals surface area (Å²) in [6, 6.07) is 1.52. The van der Waals surface area contributed by atoms with E-state index in [1.807, 2.05) is 6.92 Å². The number of fused-ring (bicyclic) bond motifs is 1. The number of anilines is 1. The predicted octanol–water partition coefficient (Wildman–Crippen LogP) is 1.60. The number of aromatic nitrogens is 2. The molecule has 4 rings (SSSR count). The lowest BCUT2D eigenvalue weighted by Crippen LogP contribution is -2.46. The zero-order valence-corrected chi connectivity index (χ0v) is 16.7. The molecule has 3 heterocycles. The van der Waals surface area contributed by atoms with E-state index in [1.54, 1.807) is 27.7 Å². The highest BCUT2D eigenvalue weighted by Crippen LogP contribution is 2.30. The molecule has 2 atom stereocenters. The maximum atomic E-state index is 13.5. The summed E-state index contributed by atoms with van der Waals surface area (Å²) in [5, 5.41) is 7.47. The first-order valence-electron chi connectivity index (χ1n) is 9.73. The number of carbonyl (C=O) groups excluding carboxylic acids is 2. The van der Waals surface area contributed by atoms with E-state index in [0.717, 1.165) is 17.8 Å². The third kappa shape index (κ3) is 3.55. The number of carbonyl (C=O) groups is 2. The van der Waals surface area contributed by atoms with Crippen molar-refractivity contribution in [3.63, 3.8) is 0 Å². The number of amides is 2. The summed E-state index contributed by atoms with van der Waals surface area (Å²) in [4.78, 5) is 28.5. The molecule has 30 heavy (non-hydrogen) atoms. The summed E-state index contributed by atoms with van der Waals surface area (Å²) in [5.41, 5.74) is 1.47. The summed E-state index contributed by atoms with van der Waals surface area (Å²) in [6.07, 6.45) is 1.77. The van der Waals surface area contributed by atoms with Crippen LogP contribution >= 0.6 is 0 Å². The van der Waals surface area contributed by atoms with Crippen LogP contribution in [0.4, 0.5) is 18.9 Å². The number of benzene rings is 1. The molecule has 0 spiro atoms. The van der Waals surface area contributed by atoms with Crippen molar-refractivity contribution in [2.75, 3.05) is 18.5 Å². The van der Waals surface area contributed by atoms with Crippen molar-refractivity contribution in [2.45, 2.75) is 44.9 Å². The highest BCUT2D eigenvalue weighted by molar-refractivity contribution is 5.96. The van der Waals surface area contributed by atoms with Crippen LogP contribution in [0, 0.1) is 17.5 Å². The molecule has 1 N–H and O–H groups in total. The van der Waals surface area contributed by atoms with Crippen molar-refractivity contribution in [1.82, 2.24) is 20.0 Å². The monoisotopic (exact) mass is 421 g/mol. The van der Waals surface area contributed by atoms with Gasteiger partial charge in [-0.05, 0) is 31.7 Å². The molecule has 2 amide bonds. The molecule has 0 radical (unpaired) electrons. The second-order valence-corrected chi connectivity index (χ2v) is 7.77. The Kier molecular flexibility index (Phi) is 5.27. The molecule has 2 aliphatic heterocycles. The van der Waals surface area contributed by atoms with E-state index in [-0.39, 0.29) is 42.4 Å². The number of likely N-dealkylation sites (N-methyl/N-ethyl adjacent to an activating group) is 1. The molecule has 10 heteroatoms. The van der Waals surface area contributed by atoms with Crippen LogP contribution in [0.5, 0.6) is 0 Å². The number of hydrogen-bond acceptors (Lipinski definition) is 4. The van der Waals surface area contributed by atoms with Crippen LogP contribution in [-0.2, 0) is 29.1 Å². The van der Waals surface area contributed by atoms with E-state index in [0.29, 0.717) is 25.2 Å². The fourth-order valence-corrected chi connectivity index (χ4v) is 4.07. The maximum absolute atomic E-state index is 13.5. The van der Waals surface area contributed by atoms with Gasteiger partial charge >= 0.3 is 0 Å².